The number of phenolic OH excluding ortho intramolecular Hbond substituents is 1. The maximum absolute atomic E-state index is 12.4. The molecule has 2 rings (SSSR count). The molecule has 2 amide bonds. The van der Waals surface area contributed by atoms with Crippen LogP contribution in [0.4, 0.5) is 0 Å². The van der Waals surface area contributed by atoms with Crippen LogP contribution in [0.5, 0.6) is 5.75 Å². The number of aromatic hydroxyl groups is 1. The van der Waals surface area contributed by atoms with Crippen molar-refractivity contribution in [1.29, 1.82) is 0 Å². The molecule has 0 bridgehead atoms. The Morgan fingerprint density at radius 2 is 1.82 bits per heavy atom. The second kappa shape index (κ2) is 9.07. The van der Waals surface area contributed by atoms with Gasteiger partial charge in [-0.05, 0) is 41.2 Å². The Bertz CT molecular complexity index is 856. The minimum Gasteiger partial charge on any atom is -0.507 e. The van der Waals surface area contributed by atoms with Crippen molar-refractivity contribution in [2.24, 2.45) is 0 Å². The van der Waals surface area contributed by atoms with Crippen LogP contribution in [0.15, 0.2) is 34.9 Å². The minimum absolute atomic E-state index is 0.00215. The summed E-state index contributed by atoms with van der Waals surface area (Å²) in [6, 6.07) is 6.38. The smallest absolute Gasteiger partial charge is 0.342 e. The van der Waals surface area contributed by atoms with Crippen LogP contribution in [-0.4, -0.2) is 29.5 Å². The summed E-state index contributed by atoms with van der Waals surface area (Å²) >= 11 is 0. The molecule has 1 heterocycles. The predicted octanol–water partition coefficient (Wildman–Crippen LogP) is 2.85. The van der Waals surface area contributed by atoms with Gasteiger partial charge in [0.2, 0.25) is 0 Å². The van der Waals surface area contributed by atoms with Gasteiger partial charge in [0.1, 0.15) is 11.3 Å². The van der Waals surface area contributed by atoms with Crippen molar-refractivity contribution < 1.29 is 28.6 Å². The largest absolute Gasteiger partial charge is 0.507 e. The first-order valence-electron chi connectivity index (χ1n) is 8.87. The molecule has 0 unspecified atom stereocenters. The van der Waals surface area contributed by atoms with E-state index in [0.29, 0.717) is 5.56 Å². The van der Waals surface area contributed by atoms with Crippen molar-refractivity contribution in [3.8, 4) is 5.75 Å². The number of hydrogen-bond donors (Lipinski definition) is 3. The highest BCUT2D eigenvalue weighted by Crippen LogP contribution is 2.33. The Kier molecular flexibility index (Phi) is 6.81. The Morgan fingerprint density at radius 1 is 1.11 bits per heavy atom. The van der Waals surface area contributed by atoms with Crippen LogP contribution < -0.4 is 10.9 Å². The zero-order valence-corrected chi connectivity index (χ0v) is 16.2. The number of furan rings is 1. The molecular formula is C20H24N2O6. The summed E-state index contributed by atoms with van der Waals surface area (Å²) in [7, 11) is 0. The van der Waals surface area contributed by atoms with Gasteiger partial charge in [-0.15, -0.1) is 0 Å². The molecule has 0 fully saturated rings. The average Bonchev–Trinajstić information content (AvgIpc) is 3.18. The molecule has 2 aromatic rings. The van der Waals surface area contributed by atoms with Crippen molar-refractivity contribution in [2.45, 2.75) is 39.5 Å². The second-order valence-electron chi connectivity index (χ2n) is 6.87. The molecule has 0 atom stereocenters. The van der Waals surface area contributed by atoms with Crippen LogP contribution >= 0.6 is 0 Å². The normalized spacial score (nSPS) is 10.8. The molecule has 1 aromatic heterocycles. The Morgan fingerprint density at radius 3 is 2.39 bits per heavy atom. The fraction of sp³-hybridized carbons (Fsp3) is 0.350. The van der Waals surface area contributed by atoms with E-state index < -0.39 is 24.4 Å². The fourth-order valence-electron chi connectivity index (χ4n) is 2.45. The third-order valence-electron chi connectivity index (χ3n) is 4.07. The molecule has 0 saturated heterocycles. The predicted molar refractivity (Wildman–Crippen MR) is 101 cm³/mol. The highest BCUT2D eigenvalue weighted by molar-refractivity contribution is 5.95. The van der Waals surface area contributed by atoms with Crippen LogP contribution in [-0.2, 0) is 9.53 Å². The SMILES string of the molecule is CC(C)c1cc(C(=O)OCC(=O)NNC(=O)c2ccco2)c(O)c(C(C)C)c1. The van der Waals surface area contributed by atoms with Crippen LogP contribution in [0.3, 0.4) is 0 Å². The van der Waals surface area contributed by atoms with E-state index in [-0.39, 0.29) is 28.9 Å². The number of esters is 1. The quantitative estimate of drug-likeness (QED) is 0.517. The summed E-state index contributed by atoms with van der Waals surface area (Å²) in [5, 5.41) is 10.4. The lowest BCUT2D eigenvalue weighted by molar-refractivity contribution is -0.125. The van der Waals surface area contributed by atoms with Gasteiger partial charge in [0, 0.05) is 0 Å². The molecule has 0 saturated carbocycles. The molecule has 0 spiro atoms. The lowest BCUT2D eigenvalue weighted by Gasteiger charge is -2.16. The number of carbonyl (C=O) groups is 3. The van der Waals surface area contributed by atoms with Gasteiger partial charge in [-0.25, -0.2) is 4.79 Å². The highest BCUT2D eigenvalue weighted by atomic mass is 16.5. The van der Waals surface area contributed by atoms with Crippen LogP contribution in [0.2, 0.25) is 0 Å². The van der Waals surface area contributed by atoms with Crippen LogP contribution in [0.1, 0.15) is 71.6 Å². The maximum atomic E-state index is 12.4. The molecule has 28 heavy (non-hydrogen) atoms. The average molecular weight is 388 g/mol. The molecular weight excluding hydrogens is 364 g/mol. The third-order valence-corrected chi connectivity index (χ3v) is 4.07. The fourth-order valence-corrected chi connectivity index (χ4v) is 2.45. The second-order valence-corrected chi connectivity index (χ2v) is 6.87. The van der Waals surface area contributed by atoms with Crippen LogP contribution in [0.25, 0.3) is 0 Å². The molecule has 3 N–H and O–H groups in total. The third kappa shape index (κ3) is 5.12. The van der Waals surface area contributed by atoms with Gasteiger partial charge >= 0.3 is 11.9 Å². The molecule has 0 radical (unpaired) electrons. The number of nitrogens with one attached hydrogen (secondary N) is 2. The Labute approximate surface area is 162 Å². The first-order valence-corrected chi connectivity index (χ1v) is 8.87. The number of amides is 2. The molecule has 8 nitrogen and oxygen atoms in total. The standard InChI is InChI=1S/C20H24N2O6/c1-11(2)13-8-14(12(3)4)18(24)15(9-13)20(26)28-10-17(23)21-22-19(25)16-6-5-7-27-16/h5-9,11-12,24H,10H2,1-4H3,(H,21,23)(H,22,25). The van der Waals surface area contributed by atoms with Gasteiger partial charge in [0.15, 0.2) is 12.4 Å². The summed E-state index contributed by atoms with van der Waals surface area (Å²) in [6.07, 6.45) is 1.32. The summed E-state index contributed by atoms with van der Waals surface area (Å²) in [5.41, 5.74) is 5.76. The molecule has 150 valence electrons. The first kappa shape index (κ1) is 21.0. The molecule has 1 aromatic carbocycles. The van der Waals surface area contributed by atoms with Gasteiger partial charge in [-0.1, -0.05) is 33.8 Å². The van der Waals surface area contributed by atoms with Crippen molar-refractivity contribution >= 4 is 17.8 Å². The van der Waals surface area contributed by atoms with Gasteiger partial charge in [-0.3, -0.25) is 20.4 Å². The number of rotatable bonds is 6. The number of hydrazine groups is 1. The maximum Gasteiger partial charge on any atom is 0.342 e. The van der Waals surface area contributed by atoms with E-state index in [1.165, 1.54) is 18.4 Å². The number of carbonyl (C=O) groups excluding carboxylic acids is 3. The molecule has 8 heteroatoms. The van der Waals surface area contributed by atoms with Crippen LogP contribution in [0, 0.1) is 0 Å². The van der Waals surface area contributed by atoms with E-state index in [0.717, 1.165) is 5.56 Å². The Balaban J connectivity index is 2.00. The summed E-state index contributed by atoms with van der Waals surface area (Å²) < 4.78 is 9.86. The zero-order valence-electron chi connectivity index (χ0n) is 16.2. The van der Waals surface area contributed by atoms with E-state index in [1.54, 1.807) is 6.07 Å². The number of hydrogen-bond acceptors (Lipinski definition) is 6. The van der Waals surface area contributed by atoms with Gasteiger partial charge in [0.05, 0.1) is 6.26 Å². The van der Waals surface area contributed by atoms with Crippen molar-refractivity contribution in [3.63, 3.8) is 0 Å². The van der Waals surface area contributed by atoms with E-state index in [2.05, 4.69) is 10.9 Å². The lowest BCUT2D eigenvalue weighted by Crippen LogP contribution is -2.43. The summed E-state index contributed by atoms with van der Waals surface area (Å²) in [5.74, 6) is -2.19. The first-order chi connectivity index (χ1) is 13.2. The lowest BCUT2D eigenvalue weighted by atomic mass is 9.92. The van der Waals surface area contributed by atoms with E-state index >= 15 is 0 Å². The topological polar surface area (TPSA) is 118 Å². The number of phenols is 1. The van der Waals surface area contributed by atoms with Crippen molar-refractivity contribution in [1.82, 2.24) is 10.9 Å². The monoisotopic (exact) mass is 388 g/mol. The minimum atomic E-state index is -0.825. The van der Waals surface area contributed by atoms with Crippen molar-refractivity contribution in [3.05, 3.63) is 53.0 Å². The highest BCUT2D eigenvalue weighted by Gasteiger charge is 2.21. The summed E-state index contributed by atoms with van der Waals surface area (Å²) in [4.78, 5) is 35.8. The number of benzene rings is 1. The zero-order chi connectivity index (χ0) is 20.8. The molecule has 0 aliphatic heterocycles. The van der Waals surface area contributed by atoms with E-state index in [9.17, 15) is 19.5 Å². The van der Waals surface area contributed by atoms with E-state index in [4.69, 9.17) is 9.15 Å². The Hall–Kier alpha value is -3.29. The number of ether oxygens (including phenoxy) is 1. The van der Waals surface area contributed by atoms with Gasteiger partial charge in [-0.2, -0.15) is 0 Å². The van der Waals surface area contributed by atoms with Crippen molar-refractivity contribution in [2.75, 3.05) is 6.61 Å². The van der Waals surface area contributed by atoms with Gasteiger partial charge in [0.25, 0.3) is 5.91 Å². The molecule has 0 aliphatic carbocycles. The van der Waals surface area contributed by atoms with E-state index in [1.807, 2.05) is 33.8 Å². The molecule has 0 aliphatic rings. The summed E-state index contributed by atoms with van der Waals surface area (Å²) in [6.45, 7) is 7.13. The van der Waals surface area contributed by atoms with Gasteiger partial charge < -0.3 is 14.3 Å².